The molecule has 1 heterocycles. The molecule has 2 rings (SSSR count). The summed E-state index contributed by atoms with van der Waals surface area (Å²) in [4.78, 5) is 13.0. The molecule has 1 atom stereocenters. The number of hydrogen-bond donors (Lipinski definition) is 0. The summed E-state index contributed by atoms with van der Waals surface area (Å²) in [5.74, 6) is 0. The van der Waals surface area contributed by atoms with Crippen LogP contribution >= 0.6 is 0 Å². The van der Waals surface area contributed by atoms with Crippen molar-refractivity contribution in [3.05, 3.63) is 33.9 Å². The van der Waals surface area contributed by atoms with Crippen molar-refractivity contribution < 1.29 is 4.92 Å². The molecule has 1 aliphatic heterocycles. The van der Waals surface area contributed by atoms with Crippen LogP contribution in [-0.4, -0.2) is 17.5 Å². The van der Waals surface area contributed by atoms with E-state index in [-0.39, 0.29) is 10.6 Å². The standard InChI is InChI=1S/C16H24N2O2/c1-3-5-6-7-10-17-14(4-2)11-13-12-15(18(19)20)8-9-16(13)17/h8-9,12,14H,3-7,10-11H2,1-2H3. The van der Waals surface area contributed by atoms with Gasteiger partial charge in [0.2, 0.25) is 0 Å². The Kier molecular flexibility index (Phi) is 4.99. The minimum Gasteiger partial charge on any atom is -0.368 e. The first-order chi connectivity index (χ1) is 9.67. The number of nitrogens with zero attached hydrogens (tertiary/aromatic N) is 2. The van der Waals surface area contributed by atoms with Crippen LogP contribution in [0.5, 0.6) is 0 Å². The summed E-state index contributed by atoms with van der Waals surface area (Å²) in [6, 6.07) is 5.83. The SMILES string of the molecule is CCCCCCN1c2ccc([N+](=O)[O-])cc2CC1CC. The van der Waals surface area contributed by atoms with E-state index in [0.717, 1.165) is 24.9 Å². The highest BCUT2D eigenvalue weighted by atomic mass is 16.6. The minimum absolute atomic E-state index is 0.214. The molecule has 0 spiro atoms. The van der Waals surface area contributed by atoms with E-state index in [1.54, 1.807) is 12.1 Å². The highest BCUT2D eigenvalue weighted by Crippen LogP contribution is 2.36. The van der Waals surface area contributed by atoms with Gasteiger partial charge >= 0.3 is 0 Å². The molecule has 0 saturated carbocycles. The molecule has 110 valence electrons. The predicted octanol–water partition coefficient (Wildman–Crippen LogP) is 4.32. The van der Waals surface area contributed by atoms with E-state index in [1.807, 2.05) is 6.07 Å². The Morgan fingerprint density at radius 2 is 2.10 bits per heavy atom. The van der Waals surface area contributed by atoms with Crippen molar-refractivity contribution in [3.8, 4) is 0 Å². The summed E-state index contributed by atoms with van der Waals surface area (Å²) in [6.07, 6.45) is 7.06. The second-order valence-electron chi connectivity index (χ2n) is 5.59. The number of nitro groups is 1. The molecule has 1 aromatic rings. The smallest absolute Gasteiger partial charge is 0.269 e. The molecule has 4 heteroatoms. The quantitative estimate of drug-likeness (QED) is 0.423. The third-order valence-electron chi connectivity index (χ3n) is 4.20. The molecule has 20 heavy (non-hydrogen) atoms. The van der Waals surface area contributed by atoms with Gasteiger partial charge in [-0.25, -0.2) is 0 Å². The second kappa shape index (κ2) is 6.73. The zero-order chi connectivity index (χ0) is 14.5. The average Bonchev–Trinajstić information content (AvgIpc) is 2.80. The fraction of sp³-hybridized carbons (Fsp3) is 0.625. The topological polar surface area (TPSA) is 46.4 Å². The van der Waals surface area contributed by atoms with Crippen LogP contribution in [0.3, 0.4) is 0 Å². The third kappa shape index (κ3) is 3.11. The lowest BCUT2D eigenvalue weighted by molar-refractivity contribution is -0.384. The van der Waals surface area contributed by atoms with Crippen molar-refractivity contribution in [2.75, 3.05) is 11.4 Å². The van der Waals surface area contributed by atoms with E-state index >= 15 is 0 Å². The van der Waals surface area contributed by atoms with Crippen LogP contribution in [0.1, 0.15) is 51.5 Å². The van der Waals surface area contributed by atoms with Gasteiger partial charge in [-0.05, 0) is 30.9 Å². The van der Waals surface area contributed by atoms with Gasteiger partial charge in [0.1, 0.15) is 0 Å². The molecule has 0 aliphatic carbocycles. The number of fused-ring (bicyclic) bond motifs is 1. The third-order valence-corrected chi connectivity index (χ3v) is 4.20. The number of hydrogen-bond acceptors (Lipinski definition) is 3. The van der Waals surface area contributed by atoms with E-state index in [9.17, 15) is 10.1 Å². The van der Waals surface area contributed by atoms with Gasteiger partial charge in [-0.3, -0.25) is 10.1 Å². The van der Waals surface area contributed by atoms with Crippen LogP contribution in [0.15, 0.2) is 18.2 Å². The summed E-state index contributed by atoms with van der Waals surface area (Å²) < 4.78 is 0. The highest BCUT2D eigenvalue weighted by Gasteiger charge is 2.28. The Morgan fingerprint density at radius 3 is 2.75 bits per heavy atom. The summed E-state index contributed by atoms with van der Waals surface area (Å²) in [7, 11) is 0. The lowest BCUT2D eigenvalue weighted by atomic mass is 10.1. The summed E-state index contributed by atoms with van der Waals surface area (Å²) in [5.41, 5.74) is 2.56. The molecule has 0 N–H and O–H groups in total. The van der Waals surface area contributed by atoms with Crippen molar-refractivity contribution in [3.63, 3.8) is 0 Å². The van der Waals surface area contributed by atoms with E-state index in [0.29, 0.717) is 6.04 Å². The summed E-state index contributed by atoms with van der Waals surface area (Å²) >= 11 is 0. The zero-order valence-electron chi connectivity index (χ0n) is 12.5. The molecule has 0 aromatic heterocycles. The molecule has 0 radical (unpaired) electrons. The molecule has 1 aromatic carbocycles. The van der Waals surface area contributed by atoms with Gasteiger partial charge < -0.3 is 4.90 Å². The van der Waals surface area contributed by atoms with Gasteiger partial charge in [0.15, 0.2) is 0 Å². The Bertz CT molecular complexity index is 474. The lowest BCUT2D eigenvalue weighted by Gasteiger charge is -2.26. The van der Waals surface area contributed by atoms with E-state index < -0.39 is 0 Å². The normalized spacial score (nSPS) is 17.3. The fourth-order valence-electron chi connectivity index (χ4n) is 3.07. The fourth-order valence-corrected chi connectivity index (χ4v) is 3.07. The maximum Gasteiger partial charge on any atom is 0.269 e. The molecule has 0 saturated heterocycles. The van der Waals surface area contributed by atoms with Crippen LogP contribution in [0.25, 0.3) is 0 Å². The lowest BCUT2D eigenvalue weighted by Crippen LogP contribution is -2.32. The molecule has 4 nitrogen and oxygen atoms in total. The van der Waals surface area contributed by atoms with Gasteiger partial charge in [0, 0.05) is 30.4 Å². The minimum atomic E-state index is -0.300. The van der Waals surface area contributed by atoms with Crippen molar-refractivity contribution in [2.24, 2.45) is 0 Å². The van der Waals surface area contributed by atoms with Gasteiger partial charge in [-0.2, -0.15) is 0 Å². The number of rotatable bonds is 7. The largest absolute Gasteiger partial charge is 0.368 e. The highest BCUT2D eigenvalue weighted by molar-refractivity contribution is 5.62. The monoisotopic (exact) mass is 276 g/mol. The Morgan fingerprint density at radius 1 is 1.30 bits per heavy atom. The van der Waals surface area contributed by atoms with Crippen molar-refractivity contribution in [2.45, 2.75) is 58.4 Å². The molecule has 1 unspecified atom stereocenters. The van der Waals surface area contributed by atoms with Crippen molar-refractivity contribution in [1.29, 1.82) is 0 Å². The average molecular weight is 276 g/mol. The van der Waals surface area contributed by atoms with Crippen LogP contribution in [0, 0.1) is 10.1 Å². The number of anilines is 1. The summed E-state index contributed by atoms with van der Waals surface area (Å²) in [6.45, 7) is 5.49. The van der Waals surface area contributed by atoms with E-state index in [4.69, 9.17) is 0 Å². The first-order valence-electron chi connectivity index (χ1n) is 7.71. The van der Waals surface area contributed by atoms with Crippen LogP contribution in [0.2, 0.25) is 0 Å². The number of nitro benzene ring substituents is 1. The van der Waals surface area contributed by atoms with Crippen molar-refractivity contribution in [1.82, 2.24) is 0 Å². The molecule has 0 amide bonds. The van der Waals surface area contributed by atoms with Crippen LogP contribution < -0.4 is 4.90 Å². The number of unbranched alkanes of at least 4 members (excludes halogenated alkanes) is 3. The molecule has 0 fully saturated rings. The molecular weight excluding hydrogens is 252 g/mol. The van der Waals surface area contributed by atoms with Gasteiger partial charge in [-0.1, -0.05) is 33.1 Å². The summed E-state index contributed by atoms with van der Waals surface area (Å²) in [5, 5.41) is 10.9. The predicted molar refractivity (Wildman–Crippen MR) is 82.4 cm³/mol. The van der Waals surface area contributed by atoms with E-state index in [2.05, 4.69) is 18.7 Å². The number of benzene rings is 1. The molecule has 0 bridgehead atoms. The zero-order valence-corrected chi connectivity index (χ0v) is 12.5. The molecular formula is C16H24N2O2. The Hall–Kier alpha value is -1.58. The maximum absolute atomic E-state index is 10.9. The van der Waals surface area contributed by atoms with Gasteiger partial charge in [0.25, 0.3) is 5.69 Å². The molecule has 1 aliphatic rings. The van der Waals surface area contributed by atoms with E-state index in [1.165, 1.54) is 31.4 Å². The first-order valence-corrected chi connectivity index (χ1v) is 7.71. The van der Waals surface area contributed by atoms with Crippen LogP contribution in [-0.2, 0) is 6.42 Å². The second-order valence-corrected chi connectivity index (χ2v) is 5.59. The van der Waals surface area contributed by atoms with Crippen LogP contribution in [0.4, 0.5) is 11.4 Å². The van der Waals surface area contributed by atoms with Gasteiger partial charge in [0.05, 0.1) is 4.92 Å². The van der Waals surface area contributed by atoms with Gasteiger partial charge in [-0.15, -0.1) is 0 Å². The Labute approximate surface area is 120 Å². The first kappa shape index (κ1) is 14.8. The Balaban J connectivity index is 2.11. The van der Waals surface area contributed by atoms with Crippen molar-refractivity contribution >= 4 is 11.4 Å². The number of non-ortho nitro benzene ring substituents is 1. The maximum atomic E-state index is 10.9.